The predicted octanol–water partition coefficient (Wildman–Crippen LogP) is 2.30. The normalized spacial score (nSPS) is 18.1. The first-order valence-electron chi connectivity index (χ1n) is 6.89. The number of para-hydroxylation sites is 1. The molecule has 4 heteroatoms. The van der Waals surface area contributed by atoms with E-state index >= 15 is 0 Å². The number of halogens is 1. The molecular weight excluding hydrogens is 243 g/mol. The van der Waals surface area contributed by atoms with Gasteiger partial charge < -0.3 is 14.9 Å². The molecule has 1 N–H and O–H groups in total. The molecule has 19 heavy (non-hydrogen) atoms. The minimum Gasteiger partial charge on any atom is -0.505 e. The molecule has 0 bridgehead atoms. The highest BCUT2D eigenvalue weighted by Crippen LogP contribution is 2.23. The molecule has 0 unspecified atom stereocenters. The predicted molar refractivity (Wildman–Crippen MR) is 74.6 cm³/mol. The summed E-state index contributed by atoms with van der Waals surface area (Å²) >= 11 is 0. The Hall–Kier alpha value is -1.13. The van der Waals surface area contributed by atoms with Gasteiger partial charge in [0.1, 0.15) is 0 Å². The van der Waals surface area contributed by atoms with Crippen LogP contribution in [0.3, 0.4) is 0 Å². The number of hydrogen-bond acceptors (Lipinski definition) is 3. The minimum absolute atomic E-state index is 0.210. The molecule has 106 valence electrons. The van der Waals surface area contributed by atoms with Crippen molar-refractivity contribution in [2.24, 2.45) is 5.92 Å². The number of rotatable bonds is 4. The molecule has 1 saturated heterocycles. The molecule has 0 aromatic heterocycles. The van der Waals surface area contributed by atoms with Crippen LogP contribution in [0.5, 0.6) is 5.75 Å². The Balaban J connectivity index is 1.87. The van der Waals surface area contributed by atoms with Gasteiger partial charge in [0, 0.05) is 18.7 Å². The van der Waals surface area contributed by atoms with E-state index in [1.165, 1.54) is 18.9 Å². The van der Waals surface area contributed by atoms with Crippen LogP contribution in [0.15, 0.2) is 18.2 Å². The lowest BCUT2D eigenvalue weighted by atomic mass is 9.96. The molecule has 1 aliphatic rings. The summed E-state index contributed by atoms with van der Waals surface area (Å²) in [4.78, 5) is 4.53. The van der Waals surface area contributed by atoms with Crippen LogP contribution in [0.2, 0.25) is 0 Å². The van der Waals surface area contributed by atoms with Crippen molar-refractivity contribution in [3.8, 4) is 5.75 Å². The van der Waals surface area contributed by atoms with Gasteiger partial charge in [-0.05, 0) is 52.0 Å². The first-order chi connectivity index (χ1) is 9.06. The van der Waals surface area contributed by atoms with E-state index in [0.29, 0.717) is 18.0 Å². The Labute approximate surface area is 114 Å². The zero-order chi connectivity index (χ0) is 13.8. The van der Waals surface area contributed by atoms with Crippen LogP contribution in [-0.2, 0) is 6.54 Å². The van der Waals surface area contributed by atoms with E-state index in [1.807, 2.05) is 7.05 Å². The maximum absolute atomic E-state index is 13.3. The van der Waals surface area contributed by atoms with Crippen molar-refractivity contribution in [2.45, 2.75) is 19.4 Å². The number of phenolic OH excluding ortho intramolecular Hbond substituents is 1. The van der Waals surface area contributed by atoms with Crippen LogP contribution in [0, 0.1) is 11.7 Å². The Morgan fingerprint density at radius 2 is 2.05 bits per heavy atom. The van der Waals surface area contributed by atoms with Crippen molar-refractivity contribution in [2.75, 3.05) is 33.7 Å². The molecular formula is C15H23FN2O. The van der Waals surface area contributed by atoms with Gasteiger partial charge in [-0.3, -0.25) is 0 Å². The number of likely N-dealkylation sites (tertiary alicyclic amines) is 1. The van der Waals surface area contributed by atoms with Crippen molar-refractivity contribution in [3.05, 3.63) is 29.6 Å². The molecule has 3 nitrogen and oxygen atoms in total. The Bertz CT molecular complexity index is 417. The van der Waals surface area contributed by atoms with Crippen molar-refractivity contribution in [1.82, 2.24) is 9.80 Å². The first kappa shape index (κ1) is 14.3. The zero-order valence-corrected chi connectivity index (χ0v) is 11.8. The third kappa shape index (κ3) is 3.91. The molecule has 0 amide bonds. The number of piperidine rings is 1. The lowest BCUT2D eigenvalue weighted by molar-refractivity contribution is 0.172. The summed E-state index contributed by atoms with van der Waals surface area (Å²) in [5, 5.41) is 9.68. The number of benzene rings is 1. The first-order valence-corrected chi connectivity index (χ1v) is 6.89. The molecule has 0 radical (unpaired) electrons. The van der Waals surface area contributed by atoms with Crippen molar-refractivity contribution in [3.63, 3.8) is 0 Å². The van der Waals surface area contributed by atoms with E-state index in [9.17, 15) is 9.50 Å². The molecule has 1 fully saturated rings. The van der Waals surface area contributed by atoms with Gasteiger partial charge in [0.15, 0.2) is 11.6 Å². The van der Waals surface area contributed by atoms with Gasteiger partial charge >= 0.3 is 0 Å². The van der Waals surface area contributed by atoms with Gasteiger partial charge in [-0.2, -0.15) is 0 Å². The molecule has 1 heterocycles. The molecule has 2 rings (SSSR count). The van der Waals surface area contributed by atoms with Gasteiger partial charge in [0.05, 0.1) is 0 Å². The van der Waals surface area contributed by atoms with Crippen LogP contribution in [-0.4, -0.2) is 48.6 Å². The fourth-order valence-corrected chi connectivity index (χ4v) is 2.73. The summed E-state index contributed by atoms with van der Waals surface area (Å²) in [5.41, 5.74) is 0.662. The molecule has 0 saturated carbocycles. The number of nitrogens with zero attached hydrogens (tertiary/aromatic N) is 2. The average molecular weight is 266 g/mol. The number of aromatic hydroxyl groups is 1. The molecule has 0 spiro atoms. The van der Waals surface area contributed by atoms with Gasteiger partial charge in [0.2, 0.25) is 0 Å². The largest absolute Gasteiger partial charge is 0.505 e. The van der Waals surface area contributed by atoms with Gasteiger partial charge in [-0.15, -0.1) is 0 Å². The van der Waals surface area contributed by atoms with E-state index in [4.69, 9.17) is 0 Å². The second-order valence-corrected chi connectivity index (χ2v) is 5.69. The Kier molecular flexibility index (Phi) is 4.77. The zero-order valence-electron chi connectivity index (χ0n) is 11.8. The maximum atomic E-state index is 13.3. The van der Waals surface area contributed by atoms with Gasteiger partial charge in [-0.25, -0.2) is 4.39 Å². The third-order valence-electron chi connectivity index (χ3n) is 3.92. The molecule has 1 aromatic carbocycles. The summed E-state index contributed by atoms with van der Waals surface area (Å²) in [6, 6.07) is 4.72. The topological polar surface area (TPSA) is 26.7 Å². The SMILES string of the molecule is CN1CCC(CN(C)Cc2cccc(F)c2O)CC1. The Morgan fingerprint density at radius 1 is 1.37 bits per heavy atom. The van der Waals surface area contributed by atoms with Gasteiger partial charge in [0.25, 0.3) is 0 Å². The lowest BCUT2D eigenvalue weighted by Gasteiger charge is -2.31. The van der Waals surface area contributed by atoms with Crippen LogP contribution < -0.4 is 0 Å². The monoisotopic (exact) mass is 266 g/mol. The molecule has 0 atom stereocenters. The van der Waals surface area contributed by atoms with Gasteiger partial charge in [-0.1, -0.05) is 12.1 Å². The quantitative estimate of drug-likeness (QED) is 0.906. The fourth-order valence-electron chi connectivity index (χ4n) is 2.73. The molecule has 0 aliphatic carbocycles. The molecule has 1 aromatic rings. The fraction of sp³-hybridized carbons (Fsp3) is 0.600. The van der Waals surface area contributed by atoms with Crippen molar-refractivity contribution in [1.29, 1.82) is 0 Å². The minimum atomic E-state index is -0.537. The van der Waals surface area contributed by atoms with E-state index in [0.717, 1.165) is 19.6 Å². The smallest absolute Gasteiger partial charge is 0.165 e. The average Bonchev–Trinajstić information content (AvgIpc) is 2.38. The summed E-state index contributed by atoms with van der Waals surface area (Å²) in [6.07, 6.45) is 2.44. The highest BCUT2D eigenvalue weighted by Gasteiger charge is 2.18. The van der Waals surface area contributed by atoms with Crippen LogP contribution in [0.25, 0.3) is 0 Å². The van der Waals surface area contributed by atoms with Crippen molar-refractivity contribution >= 4 is 0 Å². The van der Waals surface area contributed by atoms with Crippen LogP contribution >= 0.6 is 0 Å². The summed E-state index contributed by atoms with van der Waals surface area (Å²) in [5.74, 6) is -0.0418. The second kappa shape index (κ2) is 6.35. The number of hydrogen-bond donors (Lipinski definition) is 1. The highest BCUT2D eigenvalue weighted by atomic mass is 19.1. The number of phenols is 1. The highest BCUT2D eigenvalue weighted by molar-refractivity contribution is 5.33. The van der Waals surface area contributed by atoms with E-state index in [2.05, 4.69) is 16.8 Å². The Morgan fingerprint density at radius 3 is 2.74 bits per heavy atom. The lowest BCUT2D eigenvalue weighted by Crippen LogP contribution is -2.35. The summed E-state index contributed by atoms with van der Waals surface area (Å²) in [6.45, 7) is 3.91. The van der Waals surface area contributed by atoms with Crippen LogP contribution in [0.4, 0.5) is 4.39 Å². The van der Waals surface area contributed by atoms with Crippen molar-refractivity contribution < 1.29 is 9.50 Å². The summed E-state index contributed by atoms with van der Waals surface area (Å²) < 4.78 is 13.3. The molecule has 1 aliphatic heterocycles. The van der Waals surface area contributed by atoms with E-state index < -0.39 is 5.82 Å². The third-order valence-corrected chi connectivity index (χ3v) is 3.92. The standard InChI is InChI=1S/C15H23FN2O/c1-17-8-6-12(7-9-17)10-18(2)11-13-4-3-5-14(16)15(13)19/h3-5,12,19H,6-11H2,1-2H3. The van der Waals surface area contributed by atoms with E-state index in [-0.39, 0.29) is 5.75 Å². The summed E-state index contributed by atoms with van der Waals surface area (Å²) in [7, 11) is 4.19. The second-order valence-electron chi connectivity index (χ2n) is 5.69. The van der Waals surface area contributed by atoms with Crippen LogP contribution in [0.1, 0.15) is 18.4 Å². The maximum Gasteiger partial charge on any atom is 0.165 e. The van der Waals surface area contributed by atoms with E-state index in [1.54, 1.807) is 12.1 Å².